The molecule has 1 rings (SSSR count). The van der Waals surface area contributed by atoms with Crippen molar-refractivity contribution in [3.63, 3.8) is 0 Å². The van der Waals surface area contributed by atoms with E-state index in [-0.39, 0.29) is 11.1 Å². The monoisotopic (exact) mass is 183 g/mol. The summed E-state index contributed by atoms with van der Waals surface area (Å²) < 4.78 is 0. The highest BCUT2D eigenvalue weighted by atomic mass is 16.3. The second-order valence-corrected chi connectivity index (χ2v) is 2.65. The molecule has 5 nitrogen and oxygen atoms in total. The Bertz CT molecular complexity index is 373. The molecule has 0 bridgehead atoms. The predicted octanol–water partition coefficient (Wildman–Crippen LogP) is 0.211. The third-order valence-electron chi connectivity index (χ3n) is 1.70. The van der Waals surface area contributed by atoms with E-state index in [1.807, 2.05) is 0 Å². The topological polar surface area (TPSA) is 104 Å². The van der Waals surface area contributed by atoms with Crippen LogP contribution in [0.5, 0.6) is 17.2 Å². The summed E-state index contributed by atoms with van der Waals surface area (Å²) in [5.41, 5.74) is 4.96. The maximum absolute atomic E-state index is 10.7. The molecule has 0 aliphatic heterocycles. The van der Waals surface area contributed by atoms with E-state index >= 15 is 0 Å². The molecule has 0 spiro atoms. The van der Waals surface area contributed by atoms with E-state index in [9.17, 15) is 4.79 Å². The number of carbonyl (C=O) groups excluding carboxylic acids is 1. The van der Waals surface area contributed by atoms with Gasteiger partial charge in [0.25, 0.3) is 5.91 Å². The van der Waals surface area contributed by atoms with E-state index in [2.05, 4.69) is 0 Å². The molecule has 0 fully saturated rings. The van der Waals surface area contributed by atoms with Gasteiger partial charge in [-0.3, -0.25) is 4.79 Å². The second kappa shape index (κ2) is 2.85. The highest BCUT2D eigenvalue weighted by Gasteiger charge is 2.17. The van der Waals surface area contributed by atoms with Crippen LogP contribution in [0.3, 0.4) is 0 Å². The third-order valence-corrected chi connectivity index (χ3v) is 1.70. The van der Waals surface area contributed by atoms with Gasteiger partial charge in [-0.15, -0.1) is 0 Å². The molecule has 5 N–H and O–H groups in total. The number of phenolic OH excluding ortho intramolecular Hbond substituents is 2. The van der Waals surface area contributed by atoms with Crippen LogP contribution in [0.4, 0.5) is 0 Å². The molecular weight excluding hydrogens is 174 g/mol. The number of aromatic hydroxyl groups is 3. The Balaban J connectivity index is 3.50. The van der Waals surface area contributed by atoms with Gasteiger partial charge in [0.05, 0.1) is 5.56 Å². The van der Waals surface area contributed by atoms with Gasteiger partial charge >= 0.3 is 0 Å². The fourth-order valence-corrected chi connectivity index (χ4v) is 0.968. The van der Waals surface area contributed by atoms with Gasteiger partial charge in [0.2, 0.25) is 5.75 Å². The van der Waals surface area contributed by atoms with Crippen LogP contribution in [0.1, 0.15) is 15.9 Å². The lowest BCUT2D eigenvalue weighted by Gasteiger charge is -2.07. The van der Waals surface area contributed by atoms with Crippen molar-refractivity contribution in [3.8, 4) is 17.2 Å². The van der Waals surface area contributed by atoms with E-state index in [1.54, 1.807) is 0 Å². The van der Waals surface area contributed by atoms with E-state index < -0.39 is 23.2 Å². The van der Waals surface area contributed by atoms with E-state index in [1.165, 1.54) is 13.0 Å². The zero-order chi connectivity index (χ0) is 10.2. The molecule has 1 amide bonds. The molecule has 0 aliphatic carbocycles. The minimum atomic E-state index is -0.865. The molecular formula is C8H9NO4. The van der Waals surface area contributed by atoms with Crippen LogP contribution < -0.4 is 5.73 Å². The average Bonchev–Trinajstić information content (AvgIpc) is 2.07. The number of phenols is 3. The Morgan fingerprint density at radius 2 is 1.77 bits per heavy atom. The Morgan fingerprint density at radius 1 is 1.23 bits per heavy atom. The molecule has 0 atom stereocenters. The summed E-state index contributed by atoms with van der Waals surface area (Å²) in [6.07, 6.45) is 0. The molecule has 0 aliphatic rings. The highest BCUT2D eigenvalue weighted by molar-refractivity contribution is 5.97. The molecule has 5 heteroatoms. The van der Waals surface area contributed by atoms with Crippen LogP contribution in [0, 0.1) is 6.92 Å². The molecule has 13 heavy (non-hydrogen) atoms. The van der Waals surface area contributed by atoms with Crippen molar-refractivity contribution >= 4 is 5.91 Å². The van der Waals surface area contributed by atoms with Gasteiger partial charge < -0.3 is 21.1 Å². The lowest BCUT2D eigenvalue weighted by molar-refractivity contribution is 0.0997. The molecule has 0 aromatic heterocycles. The summed E-state index contributed by atoms with van der Waals surface area (Å²) in [5.74, 6) is -2.75. The number of rotatable bonds is 1. The predicted molar refractivity (Wildman–Crippen MR) is 44.7 cm³/mol. The average molecular weight is 183 g/mol. The first-order valence-electron chi connectivity index (χ1n) is 3.49. The van der Waals surface area contributed by atoms with Gasteiger partial charge in [0.1, 0.15) is 0 Å². The molecule has 70 valence electrons. The van der Waals surface area contributed by atoms with E-state index in [0.29, 0.717) is 0 Å². The first-order chi connectivity index (χ1) is 5.95. The minimum Gasteiger partial charge on any atom is -0.504 e. The van der Waals surface area contributed by atoms with Crippen LogP contribution in [-0.2, 0) is 0 Å². The first kappa shape index (κ1) is 9.18. The van der Waals surface area contributed by atoms with Crippen LogP contribution >= 0.6 is 0 Å². The summed E-state index contributed by atoms with van der Waals surface area (Å²) in [5, 5.41) is 27.4. The molecule has 0 unspecified atom stereocenters. The van der Waals surface area contributed by atoms with Crippen LogP contribution in [0.2, 0.25) is 0 Å². The Hall–Kier alpha value is -1.91. The van der Waals surface area contributed by atoms with Crippen LogP contribution in [0.25, 0.3) is 0 Å². The molecule has 0 radical (unpaired) electrons. The lowest BCUT2D eigenvalue weighted by Crippen LogP contribution is -2.11. The van der Waals surface area contributed by atoms with Gasteiger partial charge in [-0.1, -0.05) is 0 Å². The van der Waals surface area contributed by atoms with Crippen molar-refractivity contribution in [3.05, 3.63) is 17.2 Å². The number of aryl methyl sites for hydroxylation is 1. The van der Waals surface area contributed by atoms with Crippen molar-refractivity contribution in [1.29, 1.82) is 0 Å². The van der Waals surface area contributed by atoms with Crippen molar-refractivity contribution in [1.82, 2.24) is 0 Å². The highest BCUT2D eigenvalue weighted by Crippen LogP contribution is 2.39. The van der Waals surface area contributed by atoms with Crippen molar-refractivity contribution in [2.75, 3.05) is 0 Å². The maximum Gasteiger partial charge on any atom is 0.252 e. The summed E-state index contributed by atoms with van der Waals surface area (Å²) in [6, 6.07) is 1.20. The molecule has 0 saturated carbocycles. The second-order valence-electron chi connectivity index (χ2n) is 2.65. The third kappa shape index (κ3) is 1.35. The molecule has 1 aromatic carbocycles. The molecule has 1 aromatic rings. The zero-order valence-electron chi connectivity index (χ0n) is 6.90. The fourth-order valence-electron chi connectivity index (χ4n) is 0.968. The Labute approximate surface area is 74.0 Å². The summed E-state index contributed by atoms with van der Waals surface area (Å²) in [6.45, 7) is 1.47. The Morgan fingerprint density at radius 3 is 2.23 bits per heavy atom. The summed E-state index contributed by atoms with van der Waals surface area (Å²) >= 11 is 0. The van der Waals surface area contributed by atoms with Crippen molar-refractivity contribution < 1.29 is 20.1 Å². The number of amides is 1. The summed E-state index contributed by atoms with van der Waals surface area (Å²) in [7, 11) is 0. The number of hydrogen-bond acceptors (Lipinski definition) is 4. The van der Waals surface area contributed by atoms with Crippen LogP contribution in [0.15, 0.2) is 6.07 Å². The van der Waals surface area contributed by atoms with E-state index in [4.69, 9.17) is 21.1 Å². The van der Waals surface area contributed by atoms with Gasteiger partial charge in [0, 0.05) is 0 Å². The van der Waals surface area contributed by atoms with Gasteiger partial charge in [0.15, 0.2) is 11.5 Å². The molecule has 0 heterocycles. The van der Waals surface area contributed by atoms with Gasteiger partial charge in [-0.2, -0.15) is 0 Å². The van der Waals surface area contributed by atoms with Crippen molar-refractivity contribution in [2.24, 2.45) is 5.73 Å². The maximum atomic E-state index is 10.7. The standard InChI is InChI=1S/C8H9NO4/c1-3-2-4(8(9)13)6(11)7(12)5(3)10/h2,10-12H,1H3,(H2,9,13). The quantitative estimate of drug-likeness (QED) is 0.467. The largest absolute Gasteiger partial charge is 0.504 e. The Kier molecular flexibility index (Phi) is 2.02. The normalized spacial score (nSPS) is 9.92. The first-order valence-corrected chi connectivity index (χ1v) is 3.49. The van der Waals surface area contributed by atoms with Crippen LogP contribution in [-0.4, -0.2) is 21.2 Å². The number of carbonyl (C=O) groups is 1. The number of hydrogen-bond donors (Lipinski definition) is 4. The SMILES string of the molecule is Cc1cc(C(N)=O)c(O)c(O)c1O. The van der Waals surface area contributed by atoms with Gasteiger partial charge in [-0.05, 0) is 18.6 Å². The lowest BCUT2D eigenvalue weighted by atomic mass is 10.1. The molecule has 0 saturated heterocycles. The number of benzene rings is 1. The zero-order valence-corrected chi connectivity index (χ0v) is 6.90. The van der Waals surface area contributed by atoms with E-state index in [0.717, 1.165) is 0 Å². The summed E-state index contributed by atoms with van der Waals surface area (Å²) in [4.78, 5) is 10.7. The smallest absolute Gasteiger partial charge is 0.252 e. The number of primary amides is 1. The van der Waals surface area contributed by atoms with Crippen molar-refractivity contribution in [2.45, 2.75) is 6.92 Å². The number of nitrogens with two attached hydrogens (primary N) is 1. The fraction of sp³-hybridized carbons (Fsp3) is 0.125. The van der Waals surface area contributed by atoms with Gasteiger partial charge in [-0.25, -0.2) is 0 Å². The minimum absolute atomic E-state index is 0.215.